The second-order valence-electron chi connectivity index (χ2n) is 4.27. The van der Waals surface area contributed by atoms with Gasteiger partial charge >= 0.3 is 0 Å². The normalized spacial score (nSPS) is 10.4. The van der Waals surface area contributed by atoms with Crippen LogP contribution in [-0.2, 0) is 4.79 Å². The van der Waals surface area contributed by atoms with Gasteiger partial charge < -0.3 is 5.32 Å². The molecule has 3 aromatic rings. The number of aromatic nitrogens is 3. The predicted octanol–water partition coefficient (Wildman–Crippen LogP) is 3.33. The van der Waals surface area contributed by atoms with E-state index < -0.39 is 0 Å². The van der Waals surface area contributed by atoms with Gasteiger partial charge in [0, 0.05) is 23.3 Å². The van der Waals surface area contributed by atoms with Crippen LogP contribution in [0.1, 0.15) is 0 Å². The maximum absolute atomic E-state index is 11.9. The number of carbonyl (C=O) groups is 1. The Morgan fingerprint density at radius 2 is 1.91 bits per heavy atom. The van der Waals surface area contributed by atoms with Crippen LogP contribution in [0.25, 0.3) is 11.3 Å². The molecule has 0 radical (unpaired) electrons. The number of anilines is 1. The Kier molecular flexibility index (Phi) is 4.77. The van der Waals surface area contributed by atoms with E-state index in [4.69, 9.17) is 0 Å². The first-order valence-electron chi connectivity index (χ1n) is 6.52. The van der Waals surface area contributed by atoms with Gasteiger partial charge in [-0.1, -0.05) is 42.1 Å². The summed E-state index contributed by atoms with van der Waals surface area (Å²) in [4.78, 5) is 24.5. The third-order valence-electron chi connectivity index (χ3n) is 2.69. The van der Waals surface area contributed by atoms with E-state index in [0.717, 1.165) is 11.3 Å². The van der Waals surface area contributed by atoms with Crippen molar-refractivity contribution in [3.05, 3.63) is 54.2 Å². The van der Waals surface area contributed by atoms with Crippen LogP contribution >= 0.6 is 23.1 Å². The Hall–Kier alpha value is -2.25. The molecular weight excluding hydrogens is 316 g/mol. The summed E-state index contributed by atoms with van der Waals surface area (Å²) >= 11 is 2.70. The topological polar surface area (TPSA) is 67.8 Å². The van der Waals surface area contributed by atoms with Crippen LogP contribution in [0.4, 0.5) is 5.13 Å². The van der Waals surface area contributed by atoms with Crippen molar-refractivity contribution in [2.45, 2.75) is 5.16 Å². The summed E-state index contributed by atoms with van der Waals surface area (Å²) in [6, 6.07) is 11.6. The first kappa shape index (κ1) is 14.7. The second-order valence-corrected chi connectivity index (χ2v) is 6.07. The highest BCUT2D eigenvalue weighted by molar-refractivity contribution is 7.99. The molecule has 2 heterocycles. The van der Waals surface area contributed by atoms with Crippen LogP contribution < -0.4 is 5.32 Å². The van der Waals surface area contributed by atoms with E-state index in [1.165, 1.54) is 23.1 Å². The first-order chi connectivity index (χ1) is 10.8. The van der Waals surface area contributed by atoms with E-state index in [2.05, 4.69) is 20.3 Å². The summed E-state index contributed by atoms with van der Waals surface area (Å²) in [5, 5.41) is 5.90. The molecule has 0 saturated carbocycles. The van der Waals surface area contributed by atoms with Crippen molar-refractivity contribution in [3.8, 4) is 11.3 Å². The number of benzene rings is 1. The number of carbonyl (C=O) groups excluding carboxylic acids is 1. The lowest BCUT2D eigenvalue weighted by molar-refractivity contribution is -0.113. The molecule has 0 spiro atoms. The molecule has 1 N–H and O–H groups in total. The number of hydrogen-bond acceptors (Lipinski definition) is 6. The van der Waals surface area contributed by atoms with Crippen molar-refractivity contribution >= 4 is 34.1 Å². The van der Waals surface area contributed by atoms with Crippen molar-refractivity contribution in [2.75, 3.05) is 11.1 Å². The maximum Gasteiger partial charge on any atom is 0.236 e. The second kappa shape index (κ2) is 7.15. The fourth-order valence-electron chi connectivity index (χ4n) is 1.72. The monoisotopic (exact) mass is 328 g/mol. The fraction of sp³-hybridized carbons (Fsp3) is 0.0667. The Labute approximate surface area is 135 Å². The SMILES string of the molecule is O=C(CSc1ncccn1)Nc1nc(-c2ccccc2)cs1. The smallest absolute Gasteiger partial charge is 0.236 e. The van der Waals surface area contributed by atoms with Crippen LogP contribution in [-0.4, -0.2) is 26.6 Å². The molecule has 0 fully saturated rings. The zero-order valence-corrected chi connectivity index (χ0v) is 13.1. The molecule has 0 aliphatic rings. The van der Waals surface area contributed by atoms with Gasteiger partial charge in [0.15, 0.2) is 10.3 Å². The van der Waals surface area contributed by atoms with Crippen LogP contribution in [0, 0.1) is 0 Å². The molecule has 7 heteroatoms. The van der Waals surface area contributed by atoms with E-state index in [1.54, 1.807) is 18.5 Å². The number of rotatable bonds is 5. The molecule has 0 atom stereocenters. The molecule has 0 unspecified atom stereocenters. The summed E-state index contributed by atoms with van der Waals surface area (Å²) in [5.74, 6) is 0.135. The molecule has 22 heavy (non-hydrogen) atoms. The zero-order chi connectivity index (χ0) is 15.2. The van der Waals surface area contributed by atoms with Gasteiger partial charge in [-0.25, -0.2) is 15.0 Å². The highest BCUT2D eigenvalue weighted by Gasteiger charge is 2.09. The van der Waals surface area contributed by atoms with Crippen molar-refractivity contribution in [1.29, 1.82) is 0 Å². The lowest BCUT2D eigenvalue weighted by Crippen LogP contribution is -2.14. The lowest BCUT2D eigenvalue weighted by Gasteiger charge is -2.00. The molecule has 1 amide bonds. The minimum absolute atomic E-state index is 0.119. The first-order valence-corrected chi connectivity index (χ1v) is 8.38. The third kappa shape index (κ3) is 3.90. The largest absolute Gasteiger partial charge is 0.301 e. The van der Waals surface area contributed by atoms with Crippen LogP contribution in [0.15, 0.2) is 59.3 Å². The minimum Gasteiger partial charge on any atom is -0.301 e. The highest BCUT2D eigenvalue weighted by atomic mass is 32.2. The molecule has 0 saturated heterocycles. The fourth-order valence-corrected chi connectivity index (χ4v) is 3.06. The van der Waals surface area contributed by atoms with Gasteiger partial charge in [-0.15, -0.1) is 11.3 Å². The summed E-state index contributed by atoms with van der Waals surface area (Å²) in [6.07, 6.45) is 3.31. The molecule has 3 rings (SSSR count). The average molecular weight is 328 g/mol. The number of thiazole rings is 1. The van der Waals surface area contributed by atoms with Gasteiger partial charge in [-0.2, -0.15) is 0 Å². The molecule has 0 bridgehead atoms. The molecule has 110 valence electrons. The van der Waals surface area contributed by atoms with Crippen LogP contribution in [0.5, 0.6) is 0 Å². The summed E-state index contributed by atoms with van der Waals surface area (Å²) in [6.45, 7) is 0. The molecular formula is C15H12N4OS2. The maximum atomic E-state index is 11.9. The Morgan fingerprint density at radius 1 is 1.14 bits per heavy atom. The van der Waals surface area contributed by atoms with E-state index in [-0.39, 0.29) is 11.7 Å². The number of thioether (sulfide) groups is 1. The predicted molar refractivity (Wildman–Crippen MR) is 88.9 cm³/mol. The van der Waals surface area contributed by atoms with Gasteiger partial charge in [0.2, 0.25) is 5.91 Å². The standard InChI is InChI=1S/C15H12N4OS2/c20-13(10-22-14-16-7-4-8-17-14)19-15-18-12(9-21-15)11-5-2-1-3-6-11/h1-9H,10H2,(H,18,19,20). The summed E-state index contributed by atoms with van der Waals surface area (Å²) in [7, 11) is 0. The van der Waals surface area contributed by atoms with Crippen molar-refractivity contribution in [3.63, 3.8) is 0 Å². The lowest BCUT2D eigenvalue weighted by atomic mass is 10.2. The molecule has 0 aliphatic carbocycles. The van der Waals surface area contributed by atoms with Crippen molar-refractivity contribution in [1.82, 2.24) is 15.0 Å². The molecule has 2 aromatic heterocycles. The van der Waals surface area contributed by atoms with E-state index in [0.29, 0.717) is 10.3 Å². The van der Waals surface area contributed by atoms with E-state index in [9.17, 15) is 4.79 Å². The zero-order valence-electron chi connectivity index (χ0n) is 11.5. The van der Waals surface area contributed by atoms with E-state index in [1.807, 2.05) is 35.7 Å². The Bertz CT molecular complexity index is 747. The summed E-state index contributed by atoms with van der Waals surface area (Å²) in [5.41, 5.74) is 1.89. The number of hydrogen-bond donors (Lipinski definition) is 1. The highest BCUT2D eigenvalue weighted by Crippen LogP contribution is 2.24. The van der Waals surface area contributed by atoms with Crippen LogP contribution in [0.3, 0.4) is 0 Å². The van der Waals surface area contributed by atoms with Gasteiger partial charge in [0.1, 0.15) is 0 Å². The van der Waals surface area contributed by atoms with Crippen molar-refractivity contribution in [2.24, 2.45) is 0 Å². The van der Waals surface area contributed by atoms with Gasteiger partial charge in [0.25, 0.3) is 0 Å². The number of amides is 1. The Morgan fingerprint density at radius 3 is 2.68 bits per heavy atom. The van der Waals surface area contributed by atoms with Gasteiger partial charge in [0.05, 0.1) is 11.4 Å². The minimum atomic E-state index is -0.119. The number of nitrogens with zero attached hydrogens (tertiary/aromatic N) is 3. The van der Waals surface area contributed by atoms with Gasteiger partial charge in [-0.3, -0.25) is 4.79 Å². The van der Waals surface area contributed by atoms with Crippen molar-refractivity contribution < 1.29 is 4.79 Å². The molecule has 5 nitrogen and oxygen atoms in total. The van der Waals surface area contributed by atoms with Crippen LogP contribution in [0.2, 0.25) is 0 Å². The van der Waals surface area contributed by atoms with E-state index >= 15 is 0 Å². The molecule has 1 aromatic carbocycles. The molecule has 0 aliphatic heterocycles. The summed E-state index contributed by atoms with van der Waals surface area (Å²) < 4.78 is 0. The van der Waals surface area contributed by atoms with Gasteiger partial charge in [-0.05, 0) is 6.07 Å². The number of nitrogens with one attached hydrogen (secondary N) is 1. The Balaban J connectivity index is 1.57. The third-order valence-corrected chi connectivity index (χ3v) is 4.33. The quantitative estimate of drug-likeness (QED) is 0.575. The average Bonchev–Trinajstić information content (AvgIpc) is 3.03.